The maximum Gasteiger partial charge on any atom is 0.145 e. The molecule has 0 spiro atoms. The van der Waals surface area contributed by atoms with Gasteiger partial charge in [0.05, 0.1) is 17.1 Å². The zero-order valence-electron chi connectivity index (χ0n) is 33.9. The molecule has 0 saturated heterocycles. The number of fused-ring (bicyclic) bond motifs is 3. The van der Waals surface area contributed by atoms with Crippen LogP contribution in [-0.2, 0) is 0 Å². The van der Waals surface area contributed by atoms with Crippen LogP contribution in [0.25, 0.3) is 59.5 Å². The Bertz CT molecular complexity index is 3200. The largest absolute Gasteiger partial charge is 0.398 e. The molecule has 1 aliphatic rings. The summed E-state index contributed by atoms with van der Waals surface area (Å²) in [6.07, 6.45) is 3.90. The van der Waals surface area contributed by atoms with E-state index in [2.05, 4.69) is 151 Å². The monoisotopic (exact) mass is 814 g/mol. The van der Waals surface area contributed by atoms with Crippen LogP contribution >= 0.6 is 11.3 Å². The van der Waals surface area contributed by atoms with Gasteiger partial charge in [-0.15, -0.1) is 11.3 Å². The molecule has 0 aliphatic carbocycles. The molecule has 4 nitrogen and oxygen atoms in total. The molecule has 10 rings (SSSR count). The van der Waals surface area contributed by atoms with Crippen LogP contribution in [0.3, 0.4) is 0 Å². The fourth-order valence-electron chi connectivity index (χ4n) is 8.04. The lowest BCUT2D eigenvalue weighted by molar-refractivity contribution is 0.664. The highest BCUT2D eigenvalue weighted by atomic mass is 32.1. The zero-order chi connectivity index (χ0) is 41.8. The number of rotatable bonds is 10. The third-order valence-corrected chi connectivity index (χ3v) is 12.5. The number of thiophene rings is 1. The Morgan fingerprint density at radius 1 is 0.565 bits per heavy atom. The van der Waals surface area contributed by atoms with E-state index in [4.69, 9.17) is 15.7 Å². The van der Waals surface area contributed by atoms with E-state index in [1.54, 1.807) is 0 Å². The molecule has 1 unspecified atom stereocenters. The molecule has 9 aromatic rings. The van der Waals surface area contributed by atoms with Crippen LogP contribution in [0, 0.1) is 0 Å². The van der Waals surface area contributed by atoms with Crippen molar-refractivity contribution in [1.29, 1.82) is 0 Å². The third-order valence-electron chi connectivity index (χ3n) is 11.3. The number of nitrogens with zero attached hydrogens (tertiary/aromatic N) is 2. The maximum absolute atomic E-state index is 6.85. The van der Waals surface area contributed by atoms with Crippen molar-refractivity contribution in [2.75, 3.05) is 0 Å². The summed E-state index contributed by atoms with van der Waals surface area (Å²) in [6.45, 7) is 4.27. The molecule has 296 valence electrons. The number of hydrogen-bond donors (Lipinski definition) is 2. The predicted molar refractivity (Wildman–Crippen MR) is 264 cm³/mol. The van der Waals surface area contributed by atoms with Gasteiger partial charge in [-0.3, -0.25) is 4.99 Å². The molecule has 1 aromatic heterocycles. The molecule has 8 aromatic carbocycles. The highest BCUT2D eigenvalue weighted by Gasteiger charge is 2.21. The van der Waals surface area contributed by atoms with Crippen molar-refractivity contribution >= 4 is 60.0 Å². The number of hydrogen-bond acceptors (Lipinski definition) is 5. The minimum absolute atomic E-state index is 0.217. The standard InChI is InChI=1S/C57H42N4S/c1-38(39-17-6-2-7-18-39)59-52(42-19-8-3-9-20-42)36-51(58)41-31-29-40(30-32-41)47-34-49(56-50(35-47)48-27-14-15-28-55(48)62-56)45-25-16-26-46(33-45)54-37-53(43-21-10-4-11-22-43)60-57(61-54)44-23-12-5-13-24-44/h2-37,57,61H,1,58H2/b51-36-,59-52?. The van der Waals surface area contributed by atoms with E-state index in [1.165, 1.54) is 25.7 Å². The van der Waals surface area contributed by atoms with Gasteiger partial charge in [0.2, 0.25) is 0 Å². The normalized spacial score (nSPS) is 14.3. The molecular weight excluding hydrogens is 773 g/mol. The molecule has 0 fully saturated rings. The van der Waals surface area contributed by atoms with E-state index in [-0.39, 0.29) is 6.17 Å². The highest BCUT2D eigenvalue weighted by molar-refractivity contribution is 7.26. The Morgan fingerprint density at radius 3 is 1.94 bits per heavy atom. The summed E-state index contributed by atoms with van der Waals surface area (Å²) < 4.78 is 2.53. The third kappa shape index (κ3) is 7.93. The van der Waals surface area contributed by atoms with Crippen molar-refractivity contribution in [2.45, 2.75) is 6.17 Å². The maximum atomic E-state index is 6.85. The Labute approximate surface area is 366 Å². The molecule has 1 aliphatic heterocycles. The number of allylic oxidation sites excluding steroid dienone is 2. The topological polar surface area (TPSA) is 62.8 Å². The predicted octanol–water partition coefficient (Wildman–Crippen LogP) is 14.0. The summed E-state index contributed by atoms with van der Waals surface area (Å²) in [5, 5.41) is 6.26. The minimum atomic E-state index is -0.217. The molecule has 2 heterocycles. The van der Waals surface area contributed by atoms with Crippen molar-refractivity contribution in [1.82, 2.24) is 5.32 Å². The van der Waals surface area contributed by atoms with E-state index in [0.717, 1.165) is 67.2 Å². The lowest BCUT2D eigenvalue weighted by Gasteiger charge is -2.25. The van der Waals surface area contributed by atoms with E-state index in [9.17, 15) is 0 Å². The smallest absolute Gasteiger partial charge is 0.145 e. The van der Waals surface area contributed by atoms with Crippen LogP contribution in [-0.4, -0.2) is 11.4 Å². The summed E-state index contributed by atoms with van der Waals surface area (Å²) in [7, 11) is 0. The number of nitrogens with one attached hydrogen (secondary N) is 1. The van der Waals surface area contributed by atoms with E-state index >= 15 is 0 Å². The minimum Gasteiger partial charge on any atom is -0.398 e. The number of nitrogens with two attached hydrogens (primary N) is 1. The molecule has 1 atom stereocenters. The Morgan fingerprint density at radius 2 is 1.19 bits per heavy atom. The fraction of sp³-hybridized carbons (Fsp3) is 0.0175. The van der Waals surface area contributed by atoms with Crippen LogP contribution < -0.4 is 11.1 Å². The summed E-state index contributed by atoms with van der Waals surface area (Å²) in [6, 6.07) is 71.8. The molecule has 0 saturated carbocycles. The van der Waals surface area contributed by atoms with Gasteiger partial charge in [-0.1, -0.05) is 189 Å². The molecule has 5 heteroatoms. The Balaban J connectivity index is 1.03. The first-order valence-corrected chi connectivity index (χ1v) is 21.5. The van der Waals surface area contributed by atoms with E-state index in [0.29, 0.717) is 11.4 Å². The SMILES string of the molecule is C=C(N=C(/C=C(\N)c1ccc(-c2cc(-c3cccc(C4=CC(c5ccccc5)=NC(c5ccccc5)N4)c3)c3sc4ccccc4c3c2)cc1)c1ccccc1)c1ccccc1. The first-order chi connectivity index (χ1) is 30.5. The van der Waals surface area contributed by atoms with Crippen molar-refractivity contribution < 1.29 is 0 Å². The van der Waals surface area contributed by atoms with Crippen molar-refractivity contribution in [3.05, 3.63) is 258 Å². The molecule has 62 heavy (non-hydrogen) atoms. The van der Waals surface area contributed by atoms with Crippen LogP contribution in [0.4, 0.5) is 0 Å². The molecule has 0 amide bonds. The van der Waals surface area contributed by atoms with Gasteiger partial charge in [-0.2, -0.15) is 0 Å². The Kier molecular flexibility index (Phi) is 10.5. The second-order valence-corrected chi connectivity index (χ2v) is 16.4. The second kappa shape index (κ2) is 17.0. The van der Waals surface area contributed by atoms with E-state index < -0.39 is 0 Å². The van der Waals surface area contributed by atoms with Crippen molar-refractivity contribution in [3.8, 4) is 22.3 Å². The van der Waals surface area contributed by atoms with E-state index in [1.807, 2.05) is 90.2 Å². The summed E-state index contributed by atoms with van der Waals surface area (Å²) in [5.41, 5.74) is 21.6. The number of benzene rings is 8. The molecule has 3 N–H and O–H groups in total. The molecular formula is C57H42N4S. The second-order valence-electron chi connectivity index (χ2n) is 15.3. The highest BCUT2D eigenvalue weighted by Crippen LogP contribution is 2.43. The number of aliphatic imine (C=N–C) groups is 2. The van der Waals surface area contributed by atoms with Crippen LogP contribution in [0.5, 0.6) is 0 Å². The van der Waals surface area contributed by atoms with Gasteiger partial charge in [0.25, 0.3) is 0 Å². The van der Waals surface area contributed by atoms with Gasteiger partial charge in [-0.25, -0.2) is 4.99 Å². The summed E-state index contributed by atoms with van der Waals surface area (Å²) >= 11 is 1.85. The lowest BCUT2D eigenvalue weighted by Crippen LogP contribution is -2.24. The van der Waals surface area contributed by atoms with Gasteiger partial charge in [0.1, 0.15) is 6.17 Å². The van der Waals surface area contributed by atoms with Crippen molar-refractivity contribution in [2.24, 2.45) is 15.7 Å². The van der Waals surface area contributed by atoms with Crippen LogP contribution in [0.2, 0.25) is 0 Å². The molecule has 0 bridgehead atoms. The van der Waals surface area contributed by atoms with Gasteiger partial charge in [0.15, 0.2) is 0 Å². The average molecular weight is 815 g/mol. The van der Waals surface area contributed by atoms with Crippen LogP contribution in [0.1, 0.15) is 39.5 Å². The summed E-state index contributed by atoms with van der Waals surface area (Å²) in [5.74, 6) is 0. The van der Waals surface area contributed by atoms with Crippen LogP contribution in [0.15, 0.2) is 235 Å². The molecule has 0 radical (unpaired) electrons. The first kappa shape index (κ1) is 38.3. The van der Waals surface area contributed by atoms with Crippen molar-refractivity contribution in [3.63, 3.8) is 0 Å². The quantitative estimate of drug-likeness (QED) is 0.135. The van der Waals surface area contributed by atoms with Gasteiger partial charge in [0, 0.05) is 42.7 Å². The van der Waals surface area contributed by atoms with Gasteiger partial charge >= 0.3 is 0 Å². The zero-order valence-corrected chi connectivity index (χ0v) is 34.8. The lowest BCUT2D eigenvalue weighted by atomic mass is 9.93. The van der Waals surface area contributed by atoms with Gasteiger partial charge < -0.3 is 11.1 Å². The first-order valence-electron chi connectivity index (χ1n) is 20.7. The summed E-state index contributed by atoms with van der Waals surface area (Å²) in [4.78, 5) is 10.1. The van der Waals surface area contributed by atoms with Gasteiger partial charge in [-0.05, 0) is 80.9 Å². The fourth-order valence-corrected chi connectivity index (χ4v) is 9.26. The Hall–Kier alpha value is -7.86. The average Bonchev–Trinajstić information content (AvgIpc) is 3.73.